The monoisotopic (exact) mass is 1640 g/mol. The second kappa shape index (κ2) is 41.5. The van der Waals surface area contributed by atoms with Crippen LogP contribution < -0.4 is 46.1 Å². The average Bonchev–Trinajstić information content (AvgIpc) is 1.51. The first-order valence-corrected chi connectivity index (χ1v) is 38.5. The minimum Gasteiger partial charge on any atom is -0.504 e. The van der Waals surface area contributed by atoms with E-state index in [2.05, 4.69) is 61.8 Å². The maximum Gasteiger partial charge on any atom is 0.419 e. The van der Waals surface area contributed by atoms with Gasteiger partial charge in [-0.15, -0.1) is 10.2 Å². The van der Waals surface area contributed by atoms with E-state index in [1.54, 1.807) is 60.8 Å². The van der Waals surface area contributed by atoms with Crippen LogP contribution in [-0.4, -0.2) is 267 Å². The molecule has 5 aromatic rings. The molecular weight excluding hydrogens is 1540 g/mol. The zero-order valence-electron chi connectivity index (χ0n) is 64.4. The zero-order chi connectivity index (χ0) is 83.3. The number of nitrogens with zero attached hydrogens (tertiary/aromatic N) is 6. The van der Waals surface area contributed by atoms with Crippen molar-refractivity contribution >= 4 is 83.1 Å². The molecule has 0 saturated carbocycles. The third-order valence-corrected chi connectivity index (χ3v) is 19.9. The number of carbonyl (C=O) groups is 10. The van der Waals surface area contributed by atoms with Crippen molar-refractivity contribution in [3.8, 4) is 38.4 Å². The number of phenols is 1. The van der Waals surface area contributed by atoms with Crippen LogP contribution in [0.5, 0.6) is 17.2 Å². The predicted octanol–water partition coefficient (Wildman–Crippen LogP) is 1.49. The van der Waals surface area contributed by atoms with Crippen LogP contribution in [0.25, 0.3) is 21.1 Å². The molecule has 3 saturated heterocycles. The lowest BCUT2D eigenvalue weighted by Crippen LogP contribution is -2.64. The topological polar surface area (TPSA) is 531 Å². The van der Waals surface area contributed by atoms with Crippen LogP contribution >= 0.6 is 23.7 Å². The number of aliphatic hydroxyl groups is 6. The van der Waals surface area contributed by atoms with Gasteiger partial charge in [-0.2, -0.15) is 0 Å². The van der Waals surface area contributed by atoms with Gasteiger partial charge in [0.1, 0.15) is 75.6 Å². The Labute approximate surface area is 664 Å². The Hall–Kier alpha value is -9.72. The van der Waals surface area contributed by atoms with Crippen molar-refractivity contribution in [2.24, 2.45) is 5.92 Å². The molecule has 0 aliphatic carbocycles. The first-order valence-electron chi connectivity index (χ1n) is 37.0. The van der Waals surface area contributed by atoms with E-state index in [4.69, 9.17) is 28.4 Å². The summed E-state index contributed by atoms with van der Waals surface area (Å²) in [5.41, 5.74) is -0.496. The highest BCUT2D eigenvalue weighted by molar-refractivity contribution is 7.90. The Kier molecular flexibility index (Phi) is 32.7. The van der Waals surface area contributed by atoms with E-state index in [1.165, 1.54) is 42.7 Å². The van der Waals surface area contributed by atoms with Crippen LogP contribution in [0.3, 0.4) is 0 Å². The largest absolute Gasteiger partial charge is 0.504 e. The summed E-state index contributed by atoms with van der Waals surface area (Å²) in [5.74, 6) is -10.5. The molecule has 2 aromatic heterocycles. The number of rotatable bonds is 29. The van der Waals surface area contributed by atoms with Gasteiger partial charge < -0.3 is 106 Å². The van der Waals surface area contributed by atoms with Gasteiger partial charge in [-0.05, 0) is 122 Å². The molecule has 3 aliphatic heterocycles. The quantitative estimate of drug-likeness (QED) is 0.0140. The molecule has 3 aliphatic rings. The molecular formula is C74H101N13O25S2. The van der Waals surface area contributed by atoms with Gasteiger partial charge in [0.2, 0.25) is 41.4 Å². The lowest BCUT2D eigenvalue weighted by Gasteiger charge is -2.34. The number of hydrogen-bond donors (Lipinski definition) is 15. The van der Waals surface area contributed by atoms with Gasteiger partial charge in [-0.1, -0.05) is 65.1 Å². The number of carbonyl (C=O) groups excluding carboxylic acids is 10. The number of fused-ring (bicyclic) bond motifs is 2. The summed E-state index contributed by atoms with van der Waals surface area (Å²) >= 11 is 1.31. The van der Waals surface area contributed by atoms with Gasteiger partial charge in [0.15, 0.2) is 11.5 Å². The highest BCUT2D eigenvalue weighted by atomic mass is 32.2. The fourth-order valence-corrected chi connectivity index (χ4v) is 13.8. The molecule has 0 spiro atoms. The maximum atomic E-state index is 15.4. The van der Waals surface area contributed by atoms with Gasteiger partial charge in [0, 0.05) is 94.4 Å². The Morgan fingerprint density at radius 3 is 2.00 bits per heavy atom. The van der Waals surface area contributed by atoms with Crippen LogP contribution in [-0.2, 0) is 70.0 Å². The van der Waals surface area contributed by atoms with Crippen LogP contribution in [0.4, 0.5) is 9.59 Å². The van der Waals surface area contributed by atoms with Crippen LogP contribution in [0.15, 0.2) is 79.3 Å². The number of benzene rings is 3. The van der Waals surface area contributed by atoms with Crippen LogP contribution in [0.1, 0.15) is 128 Å². The SMILES string of the molecule is COCCCCCCCOc1ccc(-c2nnc(-c3ccc(C(=O)N[C@H]4C[C@H](O)CNC(=O)[C@@H]5[C@@H](O)[C@H](C)CN5C(=O)[C@H]([C@H](O)CCNC(=O)[C@H](Cc5cn(C(=O)OC(C)(C)C)cn5)NC(=O)OC(C)(C)C)NC(=O)[C@H]([C@H](O)Cc5ccc(O)c(OSOOO)c5)NC(=O)[C@@H]5C[C@H](O)CN5C(=O)[C@H]([C@H](C)O)NC4=O)cc3)s2)cc1. The molecule has 38 nitrogen and oxygen atoms in total. The molecule has 3 fully saturated rings. The third kappa shape index (κ3) is 25.9. The molecule has 0 radical (unpaired) electrons. The van der Waals surface area contributed by atoms with Gasteiger partial charge in [-0.3, -0.25) is 38.4 Å². The van der Waals surface area contributed by atoms with Crippen molar-refractivity contribution in [2.45, 2.75) is 210 Å². The average molecular weight is 1640 g/mol. The Balaban J connectivity index is 1.08. The van der Waals surface area contributed by atoms with E-state index in [1.807, 2.05) is 24.3 Å². The van der Waals surface area contributed by atoms with E-state index in [-0.39, 0.29) is 41.3 Å². The van der Waals surface area contributed by atoms with Gasteiger partial charge in [0.25, 0.3) is 18.2 Å². The van der Waals surface area contributed by atoms with Crippen molar-refractivity contribution in [3.63, 3.8) is 0 Å². The number of ether oxygens (including phenoxy) is 4. The summed E-state index contributed by atoms with van der Waals surface area (Å²) < 4.78 is 32.4. The summed E-state index contributed by atoms with van der Waals surface area (Å²) in [5, 5.41) is 120. The number of alkyl carbamates (subject to hydrolysis) is 1. The number of nitrogens with one attached hydrogen (secondary N) is 7. The fraction of sp³-hybridized carbons (Fsp3) is 0.554. The number of imidazole rings is 1. The summed E-state index contributed by atoms with van der Waals surface area (Å²) in [6, 6.07) is 3.35. The molecule has 5 heterocycles. The van der Waals surface area contributed by atoms with Gasteiger partial charge >= 0.3 is 12.2 Å². The molecule has 3 aromatic carbocycles. The number of aliphatic hydroxyl groups excluding tert-OH is 6. The Bertz CT molecular complexity index is 4100. The summed E-state index contributed by atoms with van der Waals surface area (Å²) in [7, 11) is 1.69. The number of hydrogen-bond acceptors (Lipinski definition) is 30. The van der Waals surface area contributed by atoms with E-state index < -0.39 is 213 Å². The van der Waals surface area contributed by atoms with Crippen molar-refractivity contribution in [3.05, 3.63) is 96.1 Å². The molecule has 624 valence electrons. The molecule has 14 atom stereocenters. The number of β-amino-alcohol motifs (C(OH)–C–C–N with tert-alkyl or cyclic N) is 1. The molecule has 114 heavy (non-hydrogen) atoms. The van der Waals surface area contributed by atoms with Crippen molar-refractivity contribution < 1.29 is 121 Å². The highest BCUT2D eigenvalue weighted by Crippen LogP contribution is 2.34. The lowest BCUT2D eigenvalue weighted by molar-refractivity contribution is -0.433. The maximum absolute atomic E-state index is 15.4. The molecule has 40 heteroatoms. The minimum atomic E-state index is -2.27. The van der Waals surface area contributed by atoms with Crippen molar-refractivity contribution in [1.82, 2.24) is 66.8 Å². The van der Waals surface area contributed by atoms with Gasteiger partial charge in [0.05, 0.1) is 48.9 Å². The van der Waals surface area contributed by atoms with E-state index >= 15 is 9.59 Å². The molecule has 15 N–H and O–H groups in total. The van der Waals surface area contributed by atoms with Gasteiger partial charge in [-0.25, -0.2) is 24.4 Å². The molecule has 0 unspecified atom stereocenters. The second-order valence-corrected chi connectivity index (χ2v) is 31.4. The Morgan fingerprint density at radius 2 is 1.35 bits per heavy atom. The smallest absolute Gasteiger partial charge is 0.419 e. The predicted molar refractivity (Wildman–Crippen MR) is 406 cm³/mol. The number of aromatic hydroxyl groups is 1. The number of phenolic OH excluding ortho intramolecular Hbond substituents is 1. The zero-order valence-corrected chi connectivity index (χ0v) is 66.1. The highest BCUT2D eigenvalue weighted by Gasteiger charge is 2.50. The van der Waals surface area contributed by atoms with Crippen molar-refractivity contribution in [1.29, 1.82) is 0 Å². The molecule has 0 bridgehead atoms. The van der Waals surface area contributed by atoms with E-state index in [0.717, 1.165) is 84.0 Å². The molecule has 9 amide bonds. The number of aromatic nitrogens is 4. The van der Waals surface area contributed by atoms with E-state index in [9.17, 15) is 74.1 Å². The fourth-order valence-electron chi connectivity index (χ4n) is 12.7. The van der Waals surface area contributed by atoms with Crippen molar-refractivity contribution in [2.75, 3.05) is 46.5 Å². The lowest BCUT2D eigenvalue weighted by atomic mass is 9.98. The normalized spacial score (nSPS) is 22.6. The third-order valence-electron chi connectivity index (χ3n) is 18.5. The summed E-state index contributed by atoms with van der Waals surface area (Å²) in [4.78, 5) is 150. The first kappa shape index (κ1) is 89.8. The minimum absolute atomic E-state index is 0.0223. The van der Waals surface area contributed by atoms with E-state index in [0.29, 0.717) is 27.9 Å². The van der Waals surface area contributed by atoms with Crippen LogP contribution in [0.2, 0.25) is 0 Å². The summed E-state index contributed by atoms with van der Waals surface area (Å²) in [6.07, 6.45) is -8.42. The molecule has 8 rings (SSSR count). The summed E-state index contributed by atoms with van der Waals surface area (Å²) in [6.45, 7) is 11.1. The first-order chi connectivity index (χ1) is 54.0. The van der Waals surface area contributed by atoms with Crippen LogP contribution in [0, 0.1) is 5.92 Å². The standard InChI is InChI=1S/C74H101N13O25S2/c1-39-35-87-59(60(39)94)66(100)76-34-46(89)32-50(78-61(95)42-16-18-43(19-17-42)67-83-84-68(113-67)44-20-22-48(23-21-44)107-28-14-12-10-11-13-27-106-9)63(97)80-56(40(2)88)69(101)86-37-47(90)33-51(86)64(98)81-57(54(93)29-41-15-24-52(91)55(30-41)110-114-112-111-105)65(99)82-58(70(87)102)53(92)25-26-75-62(96)49(79-71(103)108-73(3,4)5)31-45-36-85(38-77-45)72(104)109-74(6,7)8/h15-24,30,36,38-40,46-47,49-51,53-54,56-60,88-94,105H,10-14,25-29,31-35,37H2,1-9H3,(H,75,96)(H,76,100)(H,78,95)(H,79,103)(H,80,97)(H,81,98)(H,82,99)/t39-,40+,46+,47+,49+,50+,51+,53-,54-,56+,57+,58+,59+,60+/m1/s1. The number of amides is 9. The Morgan fingerprint density at radius 1 is 0.719 bits per heavy atom. The number of methoxy groups -OCH3 is 1. The number of unbranched alkanes of at least 4 members (excludes halogenated alkanes) is 4. The second-order valence-electron chi connectivity index (χ2n) is 30.0.